The van der Waals surface area contributed by atoms with E-state index in [2.05, 4.69) is 5.32 Å². The molecule has 1 atom stereocenters. The first-order valence-electron chi connectivity index (χ1n) is 8.49. The van der Waals surface area contributed by atoms with Gasteiger partial charge in [-0.3, -0.25) is 9.59 Å². The van der Waals surface area contributed by atoms with Crippen LogP contribution in [0.15, 0.2) is 36.4 Å². The number of nitrogens with zero attached hydrogens (tertiary/aromatic N) is 2. The molecule has 1 aliphatic rings. The predicted octanol–water partition coefficient (Wildman–Crippen LogP) is 3.22. The Kier molecular flexibility index (Phi) is 5.71. The van der Waals surface area contributed by atoms with Gasteiger partial charge in [-0.15, -0.1) is 0 Å². The van der Waals surface area contributed by atoms with Crippen molar-refractivity contribution in [2.24, 2.45) is 5.92 Å². The van der Waals surface area contributed by atoms with Gasteiger partial charge in [0.15, 0.2) is 11.5 Å². The van der Waals surface area contributed by atoms with E-state index in [1.54, 1.807) is 29.2 Å². The van der Waals surface area contributed by atoms with Crippen LogP contribution in [0.25, 0.3) is 0 Å². The molecule has 2 aromatic rings. The number of hydrogen-bond acceptors (Lipinski definition) is 5. The molecule has 1 heterocycles. The van der Waals surface area contributed by atoms with Crippen molar-refractivity contribution in [1.82, 2.24) is 0 Å². The number of carbonyl (C=O) groups is 2. The van der Waals surface area contributed by atoms with Gasteiger partial charge in [0.05, 0.1) is 30.7 Å². The molecule has 8 heteroatoms. The fraction of sp³-hybridized carbons (Fsp3) is 0.250. The fourth-order valence-electron chi connectivity index (χ4n) is 3.05. The number of rotatable bonds is 5. The molecule has 2 aromatic carbocycles. The summed E-state index contributed by atoms with van der Waals surface area (Å²) >= 11 is 5.99. The third kappa shape index (κ3) is 3.87. The molecule has 7 nitrogen and oxygen atoms in total. The lowest BCUT2D eigenvalue weighted by Crippen LogP contribution is -2.28. The van der Waals surface area contributed by atoms with Gasteiger partial charge < -0.3 is 19.7 Å². The second kappa shape index (κ2) is 8.19. The van der Waals surface area contributed by atoms with Crippen LogP contribution in [0.5, 0.6) is 11.5 Å². The van der Waals surface area contributed by atoms with Crippen LogP contribution in [0.3, 0.4) is 0 Å². The summed E-state index contributed by atoms with van der Waals surface area (Å²) in [7, 11) is 3.06. The fourth-order valence-corrected chi connectivity index (χ4v) is 3.28. The minimum atomic E-state index is -0.505. The lowest BCUT2D eigenvalue weighted by atomic mass is 10.1. The molecule has 1 fully saturated rings. The molecule has 144 valence electrons. The Balaban J connectivity index is 1.73. The van der Waals surface area contributed by atoms with Crippen molar-refractivity contribution in [3.63, 3.8) is 0 Å². The monoisotopic (exact) mass is 399 g/mol. The molecule has 3 rings (SSSR count). The molecule has 0 aromatic heterocycles. The molecule has 0 saturated carbocycles. The minimum absolute atomic E-state index is 0.101. The van der Waals surface area contributed by atoms with E-state index in [1.165, 1.54) is 26.4 Å². The normalized spacial score (nSPS) is 15.9. The quantitative estimate of drug-likeness (QED) is 0.833. The SMILES string of the molecule is COc1ccc(N2CC(C(=O)Nc3ccc(C#N)c(Cl)c3)CC2=O)cc1OC. The maximum absolute atomic E-state index is 12.6. The van der Waals surface area contributed by atoms with Gasteiger partial charge in [0.1, 0.15) is 6.07 Å². The number of anilines is 2. The number of amides is 2. The van der Waals surface area contributed by atoms with E-state index in [9.17, 15) is 9.59 Å². The number of ether oxygens (including phenoxy) is 2. The molecule has 1 unspecified atom stereocenters. The van der Waals surface area contributed by atoms with Crippen LogP contribution in [0, 0.1) is 17.2 Å². The molecule has 1 saturated heterocycles. The van der Waals surface area contributed by atoms with Crippen LogP contribution in [0.2, 0.25) is 5.02 Å². The first-order chi connectivity index (χ1) is 13.5. The molecule has 0 spiro atoms. The van der Waals surface area contributed by atoms with Crippen LogP contribution in [0.1, 0.15) is 12.0 Å². The number of benzene rings is 2. The average Bonchev–Trinajstić information content (AvgIpc) is 3.09. The van der Waals surface area contributed by atoms with Gasteiger partial charge >= 0.3 is 0 Å². The Morgan fingerprint density at radius 3 is 2.61 bits per heavy atom. The predicted molar refractivity (Wildman–Crippen MR) is 105 cm³/mol. The van der Waals surface area contributed by atoms with Gasteiger partial charge in [0.25, 0.3) is 0 Å². The van der Waals surface area contributed by atoms with Crippen LogP contribution in [-0.2, 0) is 9.59 Å². The van der Waals surface area contributed by atoms with E-state index in [1.807, 2.05) is 6.07 Å². The summed E-state index contributed by atoms with van der Waals surface area (Å²) in [6.45, 7) is 0.254. The number of nitriles is 1. The summed E-state index contributed by atoms with van der Waals surface area (Å²) in [5.41, 5.74) is 1.45. The maximum Gasteiger partial charge on any atom is 0.229 e. The Hall–Kier alpha value is -3.24. The van der Waals surface area contributed by atoms with E-state index < -0.39 is 5.92 Å². The summed E-state index contributed by atoms with van der Waals surface area (Å²) < 4.78 is 10.5. The molecule has 1 N–H and O–H groups in total. The highest BCUT2D eigenvalue weighted by Crippen LogP contribution is 2.34. The van der Waals surface area contributed by atoms with Crippen LogP contribution >= 0.6 is 11.6 Å². The number of hydrogen-bond donors (Lipinski definition) is 1. The van der Waals surface area contributed by atoms with E-state index in [0.717, 1.165) is 0 Å². The number of carbonyl (C=O) groups excluding carboxylic acids is 2. The average molecular weight is 400 g/mol. The Morgan fingerprint density at radius 2 is 1.96 bits per heavy atom. The van der Waals surface area contributed by atoms with E-state index >= 15 is 0 Å². The summed E-state index contributed by atoms with van der Waals surface area (Å²) in [5, 5.41) is 11.9. The van der Waals surface area contributed by atoms with Gasteiger partial charge in [-0.05, 0) is 30.3 Å². The second-order valence-electron chi connectivity index (χ2n) is 6.24. The molecule has 2 amide bonds. The first kappa shape index (κ1) is 19.5. The van der Waals surface area contributed by atoms with Crippen molar-refractivity contribution >= 4 is 34.8 Å². The molecule has 1 aliphatic heterocycles. The molecule has 0 radical (unpaired) electrons. The molecule has 28 heavy (non-hydrogen) atoms. The zero-order valence-electron chi connectivity index (χ0n) is 15.4. The zero-order valence-corrected chi connectivity index (χ0v) is 16.1. The smallest absolute Gasteiger partial charge is 0.229 e. The Labute approximate surface area is 167 Å². The van der Waals surface area contributed by atoms with Gasteiger partial charge in [0, 0.05) is 30.4 Å². The largest absolute Gasteiger partial charge is 0.493 e. The molecule has 0 aliphatic carbocycles. The van der Waals surface area contributed by atoms with Crippen LogP contribution in [-0.4, -0.2) is 32.6 Å². The summed E-state index contributed by atoms with van der Waals surface area (Å²) in [4.78, 5) is 26.6. The highest BCUT2D eigenvalue weighted by molar-refractivity contribution is 6.32. The van der Waals surface area contributed by atoms with Gasteiger partial charge in [-0.1, -0.05) is 11.6 Å². The van der Waals surface area contributed by atoms with Crippen LogP contribution < -0.4 is 19.7 Å². The van der Waals surface area contributed by atoms with Crippen molar-refractivity contribution in [2.75, 3.05) is 31.0 Å². The first-order valence-corrected chi connectivity index (χ1v) is 8.87. The number of nitrogens with one attached hydrogen (secondary N) is 1. The van der Waals surface area contributed by atoms with Gasteiger partial charge in [-0.25, -0.2) is 0 Å². The van der Waals surface area contributed by atoms with Gasteiger partial charge in [0.2, 0.25) is 11.8 Å². The standard InChI is InChI=1S/C20H18ClN3O4/c1-27-17-6-5-15(9-18(17)28-2)24-11-13(7-19(24)25)20(26)23-14-4-3-12(10-22)16(21)8-14/h3-6,8-9,13H,7,11H2,1-2H3,(H,23,26). The van der Waals surface area contributed by atoms with Crippen molar-refractivity contribution in [2.45, 2.75) is 6.42 Å². The molecule has 0 bridgehead atoms. The highest BCUT2D eigenvalue weighted by Gasteiger charge is 2.35. The Morgan fingerprint density at radius 1 is 1.21 bits per heavy atom. The van der Waals surface area contributed by atoms with Crippen LogP contribution in [0.4, 0.5) is 11.4 Å². The van der Waals surface area contributed by atoms with E-state index in [-0.39, 0.29) is 29.8 Å². The topological polar surface area (TPSA) is 91.7 Å². The highest BCUT2D eigenvalue weighted by atomic mass is 35.5. The summed E-state index contributed by atoms with van der Waals surface area (Å²) in [5.74, 6) is 0.134. The minimum Gasteiger partial charge on any atom is -0.493 e. The summed E-state index contributed by atoms with van der Waals surface area (Å²) in [6, 6.07) is 11.8. The van der Waals surface area contributed by atoms with Gasteiger partial charge in [-0.2, -0.15) is 5.26 Å². The van der Waals surface area contributed by atoms with Crippen molar-refractivity contribution < 1.29 is 19.1 Å². The zero-order chi connectivity index (χ0) is 20.3. The third-order valence-corrected chi connectivity index (χ3v) is 4.84. The molecular weight excluding hydrogens is 382 g/mol. The van der Waals surface area contributed by atoms with Crippen molar-refractivity contribution in [3.8, 4) is 17.6 Å². The maximum atomic E-state index is 12.6. The lowest BCUT2D eigenvalue weighted by molar-refractivity contribution is -0.122. The Bertz CT molecular complexity index is 970. The molecular formula is C20H18ClN3O4. The number of methoxy groups -OCH3 is 2. The summed E-state index contributed by atoms with van der Waals surface area (Å²) in [6.07, 6.45) is 0.101. The van der Waals surface area contributed by atoms with Crippen molar-refractivity contribution in [3.05, 3.63) is 47.0 Å². The number of halogens is 1. The second-order valence-corrected chi connectivity index (χ2v) is 6.65. The third-order valence-electron chi connectivity index (χ3n) is 4.53. The lowest BCUT2D eigenvalue weighted by Gasteiger charge is -2.18. The van der Waals surface area contributed by atoms with E-state index in [4.69, 9.17) is 26.3 Å². The van der Waals surface area contributed by atoms with E-state index in [0.29, 0.717) is 28.4 Å². The van der Waals surface area contributed by atoms with Crippen molar-refractivity contribution in [1.29, 1.82) is 5.26 Å².